The van der Waals surface area contributed by atoms with E-state index in [0.29, 0.717) is 5.82 Å². The van der Waals surface area contributed by atoms with Crippen LogP contribution in [0.4, 0.5) is 11.6 Å². The summed E-state index contributed by atoms with van der Waals surface area (Å²) in [5, 5.41) is 8.87. The summed E-state index contributed by atoms with van der Waals surface area (Å²) in [6.07, 6.45) is 3.24. The van der Waals surface area contributed by atoms with E-state index in [2.05, 4.69) is 26.8 Å². The van der Waals surface area contributed by atoms with Crippen LogP contribution in [0, 0.1) is 0 Å². The van der Waals surface area contributed by atoms with Crippen molar-refractivity contribution in [3.05, 3.63) is 12.4 Å². The van der Waals surface area contributed by atoms with Crippen LogP contribution in [0.15, 0.2) is 12.4 Å². The Labute approximate surface area is 112 Å². The van der Waals surface area contributed by atoms with Crippen LogP contribution in [-0.4, -0.2) is 72.8 Å². The van der Waals surface area contributed by atoms with E-state index in [0.717, 1.165) is 32.0 Å². The van der Waals surface area contributed by atoms with Gasteiger partial charge in [-0.15, -0.1) is 0 Å². The molecule has 0 spiro atoms. The van der Waals surface area contributed by atoms with Gasteiger partial charge in [-0.05, 0) is 7.05 Å². The molecule has 1 fully saturated rings. The summed E-state index contributed by atoms with van der Waals surface area (Å²) in [5.41, 5.74) is 0. The molecular weight excluding hydrogens is 246 g/mol. The molecule has 0 saturated carbocycles. The van der Waals surface area contributed by atoms with Gasteiger partial charge >= 0.3 is 5.97 Å². The zero-order chi connectivity index (χ0) is 13.8. The fourth-order valence-corrected chi connectivity index (χ4v) is 2.11. The topological polar surface area (TPSA) is 72.8 Å². The molecule has 0 unspecified atom stereocenters. The van der Waals surface area contributed by atoms with E-state index < -0.39 is 5.97 Å². The summed E-state index contributed by atoms with van der Waals surface area (Å²) in [4.78, 5) is 25.5. The van der Waals surface area contributed by atoms with Crippen molar-refractivity contribution in [1.82, 2.24) is 14.9 Å². The van der Waals surface area contributed by atoms with Gasteiger partial charge in [-0.25, -0.2) is 9.97 Å². The number of anilines is 2. The number of hydrogen-bond donors (Lipinski definition) is 1. The second-order valence-corrected chi connectivity index (χ2v) is 4.74. The third kappa shape index (κ3) is 3.31. The largest absolute Gasteiger partial charge is 0.480 e. The zero-order valence-corrected chi connectivity index (χ0v) is 11.3. The number of carbonyl (C=O) groups is 1. The molecule has 0 amide bonds. The number of aliphatic carboxylic acids is 1. The van der Waals surface area contributed by atoms with E-state index in [1.54, 1.807) is 24.3 Å². The summed E-state index contributed by atoms with van der Waals surface area (Å²) in [5.74, 6) is 0.506. The molecule has 0 aliphatic carbocycles. The lowest BCUT2D eigenvalue weighted by Crippen LogP contribution is -2.45. The van der Waals surface area contributed by atoms with Crippen LogP contribution in [0.2, 0.25) is 0 Å². The standard InChI is InChI=1S/C12H19N5O2/c1-15-5-7-17(8-6-15)12-11(13-3-4-14-12)16(2)9-10(18)19/h3-4H,5-9H2,1-2H3,(H,18,19). The van der Waals surface area contributed by atoms with Crippen LogP contribution in [0.3, 0.4) is 0 Å². The molecule has 19 heavy (non-hydrogen) atoms. The first kappa shape index (κ1) is 13.5. The monoisotopic (exact) mass is 265 g/mol. The van der Waals surface area contributed by atoms with Gasteiger partial charge < -0.3 is 19.8 Å². The fourth-order valence-electron chi connectivity index (χ4n) is 2.11. The normalized spacial score (nSPS) is 16.4. The minimum Gasteiger partial charge on any atom is -0.480 e. The van der Waals surface area contributed by atoms with Gasteiger partial charge in [0.05, 0.1) is 0 Å². The zero-order valence-electron chi connectivity index (χ0n) is 11.3. The molecule has 0 bridgehead atoms. The highest BCUT2D eigenvalue weighted by Gasteiger charge is 2.21. The van der Waals surface area contributed by atoms with E-state index in [1.807, 2.05) is 0 Å². The van der Waals surface area contributed by atoms with Crippen molar-refractivity contribution in [1.29, 1.82) is 0 Å². The summed E-state index contributed by atoms with van der Waals surface area (Å²) < 4.78 is 0. The Morgan fingerprint density at radius 1 is 1.32 bits per heavy atom. The lowest BCUT2D eigenvalue weighted by molar-refractivity contribution is -0.135. The van der Waals surface area contributed by atoms with Crippen LogP contribution < -0.4 is 9.80 Å². The van der Waals surface area contributed by atoms with Crippen LogP contribution in [0.1, 0.15) is 0 Å². The number of carboxylic acid groups (broad SMARTS) is 1. The summed E-state index contributed by atoms with van der Waals surface area (Å²) in [6.45, 7) is 3.61. The van der Waals surface area contributed by atoms with Crippen LogP contribution >= 0.6 is 0 Å². The predicted molar refractivity (Wildman–Crippen MR) is 72.6 cm³/mol. The first-order valence-corrected chi connectivity index (χ1v) is 6.25. The molecule has 0 aromatic carbocycles. The second kappa shape index (κ2) is 5.83. The van der Waals surface area contributed by atoms with Crippen LogP contribution in [0.5, 0.6) is 0 Å². The lowest BCUT2D eigenvalue weighted by atomic mass is 10.3. The minimum atomic E-state index is -0.877. The molecule has 1 saturated heterocycles. The summed E-state index contributed by atoms with van der Waals surface area (Å²) in [6, 6.07) is 0. The SMILES string of the molecule is CN1CCN(c2nccnc2N(C)CC(=O)O)CC1. The highest BCUT2D eigenvalue weighted by molar-refractivity contribution is 5.75. The average Bonchev–Trinajstić information content (AvgIpc) is 2.39. The molecule has 7 heteroatoms. The first-order chi connectivity index (χ1) is 9.08. The highest BCUT2D eigenvalue weighted by atomic mass is 16.4. The second-order valence-electron chi connectivity index (χ2n) is 4.74. The number of likely N-dealkylation sites (N-methyl/N-ethyl adjacent to an activating group) is 2. The number of carboxylic acids is 1. The number of nitrogens with zero attached hydrogens (tertiary/aromatic N) is 5. The van der Waals surface area contributed by atoms with Gasteiger partial charge in [-0.3, -0.25) is 4.79 Å². The number of aromatic nitrogens is 2. The van der Waals surface area contributed by atoms with Crippen molar-refractivity contribution in [2.24, 2.45) is 0 Å². The lowest BCUT2D eigenvalue weighted by Gasteiger charge is -2.34. The van der Waals surface area contributed by atoms with Gasteiger partial charge in [0.1, 0.15) is 6.54 Å². The molecule has 1 aliphatic rings. The van der Waals surface area contributed by atoms with Crippen LogP contribution in [0.25, 0.3) is 0 Å². The third-order valence-corrected chi connectivity index (χ3v) is 3.20. The van der Waals surface area contributed by atoms with Gasteiger partial charge in [-0.2, -0.15) is 0 Å². The Morgan fingerprint density at radius 3 is 2.58 bits per heavy atom. The van der Waals surface area contributed by atoms with Crippen molar-refractivity contribution in [2.45, 2.75) is 0 Å². The summed E-state index contributed by atoms with van der Waals surface area (Å²) in [7, 11) is 3.81. The molecular formula is C12H19N5O2. The Morgan fingerprint density at radius 2 is 1.95 bits per heavy atom. The summed E-state index contributed by atoms with van der Waals surface area (Å²) >= 11 is 0. The van der Waals surface area contributed by atoms with Gasteiger partial charge in [0, 0.05) is 45.6 Å². The molecule has 104 valence electrons. The number of piperazine rings is 1. The van der Waals surface area contributed by atoms with E-state index in [1.165, 1.54) is 0 Å². The third-order valence-electron chi connectivity index (χ3n) is 3.20. The van der Waals surface area contributed by atoms with Crippen molar-refractivity contribution in [3.8, 4) is 0 Å². The van der Waals surface area contributed by atoms with E-state index >= 15 is 0 Å². The quantitative estimate of drug-likeness (QED) is 0.804. The van der Waals surface area contributed by atoms with Gasteiger partial charge in [0.25, 0.3) is 0 Å². The maximum absolute atomic E-state index is 10.8. The van der Waals surface area contributed by atoms with Gasteiger partial charge in [0.2, 0.25) is 0 Å². The van der Waals surface area contributed by atoms with E-state index in [9.17, 15) is 4.79 Å². The Balaban J connectivity index is 2.18. The van der Waals surface area contributed by atoms with Gasteiger partial charge in [0.15, 0.2) is 11.6 Å². The molecule has 0 radical (unpaired) electrons. The Hall–Kier alpha value is -1.89. The minimum absolute atomic E-state index is 0.0839. The molecule has 1 aromatic rings. The van der Waals surface area contributed by atoms with Crippen molar-refractivity contribution in [2.75, 3.05) is 56.6 Å². The van der Waals surface area contributed by atoms with Gasteiger partial charge in [-0.1, -0.05) is 0 Å². The van der Waals surface area contributed by atoms with Crippen LogP contribution in [-0.2, 0) is 4.79 Å². The molecule has 0 atom stereocenters. The van der Waals surface area contributed by atoms with Crippen molar-refractivity contribution in [3.63, 3.8) is 0 Å². The molecule has 1 aromatic heterocycles. The molecule has 7 nitrogen and oxygen atoms in total. The van der Waals surface area contributed by atoms with Crippen molar-refractivity contribution >= 4 is 17.6 Å². The fraction of sp³-hybridized carbons (Fsp3) is 0.583. The Bertz CT molecular complexity index is 446. The smallest absolute Gasteiger partial charge is 0.323 e. The first-order valence-electron chi connectivity index (χ1n) is 6.25. The Kier molecular flexibility index (Phi) is 4.16. The maximum Gasteiger partial charge on any atom is 0.323 e. The molecule has 1 N–H and O–H groups in total. The number of rotatable bonds is 4. The van der Waals surface area contributed by atoms with E-state index in [-0.39, 0.29) is 6.54 Å². The maximum atomic E-state index is 10.8. The predicted octanol–water partition coefficient (Wildman–Crippen LogP) is -0.251. The average molecular weight is 265 g/mol. The number of hydrogen-bond acceptors (Lipinski definition) is 6. The molecule has 2 rings (SSSR count). The van der Waals surface area contributed by atoms with Crippen molar-refractivity contribution < 1.29 is 9.90 Å². The van der Waals surface area contributed by atoms with E-state index in [4.69, 9.17) is 5.11 Å². The molecule has 2 heterocycles. The molecule has 1 aliphatic heterocycles. The highest BCUT2D eigenvalue weighted by Crippen LogP contribution is 2.23.